The molecule has 0 atom stereocenters. The van der Waals surface area contributed by atoms with Crippen molar-refractivity contribution in [3.05, 3.63) is 96.7 Å². The predicted octanol–water partition coefficient (Wildman–Crippen LogP) is 4.27. The third-order valence-corrected chi connectivity index (χ3v) is 4.75. The molecule has 1 aromatic carbocycles. The van der Waals surface area contributed by atoms with Gasteiger partial charge in [0.1, 0.15) is 17.1 Å². The van der Waals surface area contributed by atoms with Gasteiger partial charge >= 0.3 is 0 Å². The molecule has 1 amide bonds. The maximum Gasteiger partial charge on any atom is 0.274 e. The van der Waals surface area contributed by atoms with E-state index in [1.807, 2.05) is 66.5 Å². The lowest BCUT2D eigenvalue weighted by molar-refractivity contribution is 0.102. The fourth-order valence-electron chi connectivity index (χ4n) is 3.30. The fraction of sp³-hybridized carbons (Fsp3) is 0.0435. The number of aryl methyl sites for hydroxylation is 1. The van der Waals surface area contributed by atoms with E-state index in [1.54, 1.807) is 34.7 Å². The number of carbonyl (C=O) groups excluding carboxylic acids is 1. The van der Waals surface area contributed by atoms with E-state index in [0.29, 0.717) is 34.5 Å². The van der Waals surface area contributed by atoms with Crippen molar-refractivity contribution >= 4 is 17.2 Å². The molecule has 5 aromatic rings. The summed E-state index contributed by atoms with van der Waals surface area (Å²) in [5, 5.41) is 11.2. The summed E-state index contributed by atoms with van der Waals surface area (Å²) < 4.78 is 9.39. The van der Waals surface area contributed by atoms with Gasteiger partial charge in [0, 0.05) is 30.3 Å². The number of hydrogen-bond donors (Lipinski definition) is 1. The van der Waals surface area contributed by atoms with Gasteiger partial charge < -0.3 is 14.6 Å². The predicted molar refractivity (Wildman–Crippen MR) is 116 cm³/mol. The van der Waals surface area contributed by atoms with Crippen LogP contribution in [0.15, 0.2) is 85.3 Å². The number of nitrogens with one attached hydrogen (secondary N) is 1. The van der Waals surface area contributed by atoms with Gasteiger partial charge in [-0.1, -0.05) is 6.07 Å². The molecule has 0 fully saturated rings. The summed E-state index contributed by atoms with van der Waals surface area (Å²) in [5.41, 5.74) is 2.56. The molecule has 5 rings (SSSR count). The normalized spacial score (nSPS) is 10.9. The van der Waals surface area contributed by atoms with Gasteiger partial charge in [-0.25, -0.2) is 4.98 Å². The summed E-state index contributed by atoms with van der Waals surface area (Å²) in [5.74, 6) is 1.45. The van der Waals surface area contributed by atoms with Crippen molar-refractivity contribution in [3.8, 4) is 17.4 Å². The summed E-state index contributed by atoms with van der Waals surface area (Å²) >= 11 is 0. The van der Waals surface area contributed by atoms with Crippen LogP contribution < -0.4 is 10.1 Å². The quantitative estimate of drug-likeness (QED) is 0.468. The molecule has 31 heavy (non-hydrogen) atoms. The summed E-state index contributed by atoms with van der Waals surface area (Å²) in [4.78, 5) is 17.2. The minimum absolute atomic E-state index is 0.226. The van der Waals surface area contributed by atoms with Crippen LogP contribution in [0.4, 0.5) is 5.69 Å². The second-order valence-corrected chi connectivity index (χ2v) is 6.88. The number of aromatic nitrogens is 5. The SMILES string of the molecule is Cc1nc2ccccn2c1C(=O)Nc1ccc(Oc2ccc(-n3cccc3)nn2)cc1. The van der Waals surface area contributed by atoms with Crippen molar-refractivity contribution in [2.24, 2.45) is 0 Å². The first-order valence-corrected chi connectivity index (χ1v) is 9.67. The van der Waals surface area contributed by atoms with Gasteiger partial charge in [0.05, 0.1) is 5.69 Å². The van der Waals surface area contributed by atoms with Crippen LogP contribution in [0.5, 0.6) is 11.6 Å². The Morgan fingerprint density at radius 1 is 0.903 bits per heavy atom. The minimum Gasteiger partial charge on any atom is -0.438 e. The molecule has 152 valence electrons. The van der Waals surface area contributed by atoms with E-state index < -0.39 is 0 Å². The smallest absolute Gasteiger partial charge is 0.274 e. The summed E-state index contributed by atoms with van der Waals surface area (Å²) in [6.45, 7) is 1.82. The monoisotopic (exact) mass is 410 g/mol. The number of ether oxygens (including phenoxy) is 1. The number of anilines is 1. The molecule has 0 aliphatic carbocycles. The molecule has 8 heteroatoms. The number of imidazole rings is 1. The number of pyridine rings is 1. The lowest BCUT2D eigenvalue weighted by Crippen LogP contribution is -2.15. The Bertz CT molecular complexity index is 1340. The van der Waals surface area contributed by atoms with Crippen molar-refractivity contribution in [2.45, 2.75) is 6.92 Å². The second-order valence-electron chi connectivity index (χ2n) is 6.88. The van der Waals surface area contributed by atoms with Crippen molar-refractivity contribution in [1.29, 1.82) is 0 Å². The first kappa shape index (κ1) is 18.6. The van der Waals surface area contributed by atoms with Gasteiger partial charge in [0.2, 0.25) is 5.88 Å². The van der Waals surface area contributed by atoms with Crippen LogP contribution in [-0.4, -0.2) is 30.1 Å². The number of hydrogen-bond acceptors (Lipinski definition) is 5. The van der Waals surface area contributed by atoms with Crippen molar-refractivity contribution in [2.75, 3.05) is 5.32 Å². The fourth-order valence-corrected chi connectivity index (χ4v) is 3.30. The molecule has 0 radical (unpaired) electrons. The number of amides is 1. The molecule has 0 aliphatic rings. The van der Waals surface area contributed by atoms with Gasteiger partial charge in [0.25, 0.3) is 5.91 Å². The van der Waals surface area contributed by atoms with Crippen LogP contribution in [-0.2, 0) is 0 Å². The van der Waals surface area contributed by atoms with E-state index in [9.17, 15) is 4.79 Å². The van der Waals surface area contributed by atoms with E-state index in [-0.39, 0.29) is 5.91 Å². The summed E-state index contributed by atoms with van der Waals surface area (Å²) in [6.07, 6.45) is 5.61. The average molecular weight is 410 g/mol. The molecule has 4 aromatic heterocycles. The lowest BCUT2D eigenvalue weighted by Gasteiger charge is -2.08. The van der Waals surface area contributed by atoms with Crippen LogP contribution in [0.3, 0.4) is 0 Å². The average Bonchev–Trinajstić information content (AvgIpc) is 3.43. The highest BCUT2D eigenvalue weighted by Gasteiger charge is 2.16. The Morgan fingerprint density at radius 3 is 2.42 bits per heavy atom. The second kappa shape index (κ2) is 7.75. The third kappa shape index (κ3) is 3.74. The molecule has 0 saturated carbocycles. The van der Waals surface area contributed by atoms with Gasteiger partial charge in [-0.15, -0.1) is 10.2 Å². The number of benzene rings is 1. The molecule has 0 saturated heterocycles. The molecule has 0 unspecified atom stereocenters. The standard InChI is InChI=1S/C23H18N6O2/c1-16-22(29-15-3-2-6-19(29)24-16)23(30)25-17-7-9-18(10-8-17)31-21-12-11-20(26-27-21)28-13-4-5-14-28/h2-15H,1H3,(H,25,30). The van der Waals surface area contributed by atoms with E-state index in [0.717, 1.165) is 5.65 Å². The van der Waals surface area contributed by atoms with Crippen LogP contribution >= 0.6 is 0 Å². The first-order chi connectivity index (χ1) is 15.2. The van der Waals surface area contributed by atoms with Crippen molar-refractivity contribution < 1.29 is 9.53 Å². The third-order valence-electron chi connectivity index (χ3n) is 4.75. The first-order valence-electron chi connectivity index (χ1n) is 9.67. The van der Waals surface area contributed by atoms with Crippen LogP contribution in [0.25, 0.3) is 11.5 Å². The van der Waals surface area contributed by atoms with Crippen LogP contribution in [0.1, 0.15) is 16.2 Å². The number of carbonyl (C=O) groups is 1. The zero-order chi connectivity index (χ0) is 21.2. The molecule has 0 bridgehead atoms. The molecule has 8 nitrogen and oxygen atoms in total. The molecule has 0 spiro atoms. The Hall–Kier alpha value is -4.46. The zero-order valence-electron chi connectivity index (χ0n) is 16.6. The Morgan fingerprint density at radius 2 is 1.68 bits per heavy atom. The van der Waals surface area contributed by atoms with E-state index in [1.165, 1.54) is 0 Å². The number of nitrogens with zero attached hydrogens (tertiary/aromatic N) is 5. The minimum atomic E-state index is -0.226. The number of fused-ring (bicyclic) bond motifs is 1. The Kier molecular flexibility index (Phi) is 4.64. The van der Waals surface area contributed by atoms with Gasteiger partial charge in [-0.2, -0.15) is 0 Å². The maximum absolute atomic E-state index is 12.8. The lowest BCUT2D eigenvalue weighted by atomic mass is 10.2. The van der Waals surface area contributed by atoms with Crippen LogP contribution in [0.2, 0.25) is 0 Å². The highest BCUT2D eigenvalue weighted by molar-refractivity contribution is 6.04. The molecule has 0 aliphatic heterocycles. The maximum atomic E-state index is 12.8. The van der Waals surface area contributed by atoms with E-state index in [4.69, 9.17) is 4.74 Å². The molecule has 1 N–H and O–H groups in total. The van der Waals surface area contributed by atoms with Crippen molar-refractivity contribution in [1.82, 2.24) is 24.1 Å². The van der Waals surface area contributed by atoms with E-state index in [2.05, 4.69) is 20.5 Å². The van der Waals surface area contributed by atoms with Gasteiger partial charge in [0.15, 0.2) is 5.82 Å². The molecule has 4 heterocycles. The van der Waals surface area contributed by atoms with Crippen molar-refractivity contribution in [3.63, 3.8) is 0 Å². The number of rotatable bonds is 5. The largest absolute Gasteiger partial charge is 0.438 e. The van der Waals surface area contributed by atoms with Gasteiger partial charge in [-0.3, -0.25) is 9.20 Å². The Balaban J connectivity index is 1.28. The molecular formula is C23H18N6O2. The van der Waals surface area contributed by atoms with E-state index >= 15 is 0 Å². The van der Waals surface area contributed by atoms with Crippen LogP contribution in [0, 0.1) is 6.92 Å². The summed E-state index contributed by atoms with van der Waals surface area (Å²) in [7, 11) is 0. The zero-order valence-corrected chi connectivity index (χ0v) is 16.6. The highest BCUT2D eigenvalue weighted by atomic mass is 16.5. The Labute approximate surface area is 177 Å². The topological polar surface area (TPSA) is 86.3 Å². The highest BCUT2D eigenvalue weighted by Crippen LogP contribution is 2.22. The molecular weight excluding hydrogens is 392 g/mol. The van der Waals surface area contributed by atoms with Gasteiger partial charge in [-0.05, 0) is 61.5 Å². The summed E-state index contributed by atoms with van der Waals surface area (Å²) in [6, 6.07) is 20.1.